The SMILES string of the molecule is C=C(CCCCCCCCCCCCCCCCCCCCCCCCCCC)C(=O)[O-]. The molecule has 0 saturated carbocycles. The highest BCUT2D eigenvalue weighted by Gasteiger charge is 1.97. The third-order valence-electron chi connectivity index (χ3n) is 6.87. The van der Waals surface area contributed by atoms with Gasteiger partial charge >= 0.3 is 0 Å². The summed E-state index contributed by atoms with van der Waals surface area (Å²) in [7, 11) is 0. The monoisotopic (exact) mass is 449 g/mol. The molecule has 0 aliphatic carbocycles. The first kappa shape index (κ1) is 31.2. The van der Waals surface area contributed by atoms with Crippen molar-refractivity contribution in [1.82, 2.24) is 0 Å². The van der Waals surface area contributed by atoms with E-state index in [2.05, 4.69) is 13.5 Å². The molecular formula is C30H57O2-. The highest BCUT2D eigenvalue weighted by molar-refractivity contribution is 5.83. The van der Waals surface area contributed by atoms with Gasteiger partial charge in [-0.15, -0.1) is 0 Å². The van der Waals surface area contributed by atoms with Crippen molar-refractivity contribution < 1.29 is 9.90 Å². The second kappa shape index (κ2) is 26.5. The number of hydrogen-bond donors (Lipinski definition) is 0. The van der Waals surface area contributed by atoms with Crippen LogP contribution in [-0.2, 0) is 4.79 Å². The molecule has 0 saturated heterocycles. The quantitative estimate of drug-likeness (QED) is 0.0925. The number of aliphatic carboxylic acids is 1. The first-order chi connectivity index (χ1) is 15.7. The van der Waals surface area contributed by atoms with Crippen LogP contribution in [0.15, 0.2) is 12.2 Å². The summed E-state index contributed by atoms with van der Waals surface area (Å²) in [5.41, 5.74) is 0.249. The summed E-state index contributed by atoms with van der Waals surface area (Å²) in [6.45, 7) is 5.82. The molecule has 0 aromatic carbocycles. The van der Waals surface area contributed by atoms with Gasteiger partial charge in [0, 0.05) is 0 Å². The molecular weight excluding hydrogens is 392 g/mol. The van der Waals surface area contributed by atoms with Crippen LogP contribution in [0.1, 0.15) is 174 Å². The fourth-order valence-electron chi connectivity index (χ4n) is 4.58. The normalized spacial score (nSPS) is 11.2. The molecule has 190 valence electrons. The lowest BCUT2D eigenvalue weighted by Gasteiger charge is -2.06. The molecule has 2 heteroatoms. The predicted molar refractivity (Wildman–Crippen MR) is 140 cm³/mol. The van der Waals surface area contributed by atoms with Crippen LogP contribution in [0.3, 0.4) is 0 Å². The highest BCUT2D eigenvalue weighted by atomic mass is 16.4. The third kappa shape index (κ3) is 25.5. The van der Waals surface area contributed by atoms with Crippen LogP contribution in [0.25, 0.3) is 0 Å². The molecule has 0 bridgehead atoms. The standard InChI is InChI=1S/C30H58O2/c1-3-4-5-6-7-8-9-10-11-12-13-14-15-16-17-18-19-20-21-22-23-24-25-26-27-28-29(2)30(31)32/h2-28H2,1H3,(H,31,32)/p-1. The molecule has 0 aromatic heterocycles. The van der Waals surface area contributed by atoms with Gasteiger partial charge in [-0.1, -0.05) is 168 Å². The number of rotatable bonds is 27. The molecule has 0 N–H and O–H groups in total. The van der Waals surface area contributed by atoms with Crippen molar-refractivity contribution in [2.45, 2.75) is 174 Å². The van der Waals surface area contributed by atoms with E-state index in [1.807, 2.05) is 0 Å². The van der Waals surface area contributed by atoms with Gasteiger partial charge in [-0.25, -0.2) is 0 Å². The van der Waals surface area contributed by atoms with Crippen molar-refractivity contribution in [3.8, 4) is 0 Å². The van der Waals surface area contributed by atoms with Crippen LogP contribution in [0, 0.1) is 0 Å². The molecule has 0 unspecified atom stereocenters. The molecule has 0 atom stereocenters. The molecule has 2 nitrogen and oxygen atoms in total. The largest absolute Gasteiger partial charge is 0.545 e. The van der Waals surface area contributed by atoms with Gasteiger partial charge in [-0.05, 0) is 18.4 Å². The summed E-state index contributed by atoms with van der Waals surface area (Å²) in [6, 6.07) is 0. The lowest BCUT2D eigenvalue weighted by Crippen LogP contribution is -2.23. The summed E-state index contributed by atoms with van der Waals surface area (Å²) < 4.78 is 0. The summed E-state index contributed by atoms with van der Waals surface area (Å²) in [6.07, 6.45) is 35.2. The second-order valence-electron chi connectivity index (χ2n) is 10.1. The van der Waals surface area contributed by atoms with E-state index >= 15 is 0 Å². The minimum absolute atomic E-state index is 0.249. The number of unbranched alkanes of at least 4 members (excludes halogenated alkanes) is 24. The Labute approximate surface area is 202 Å². The van der Waals surface area contributed by atoms with E-state index in [9.17, 15) is 9.90 Å². The first-order valence-electron chi connectivity index (χ1n) is 14.6. The molecule has 0 radical (unpaired) electrons. The maximum absolute atomic E-state index is 10.6. The fourth-order valence-corrected chi connectivity index (χ4v) is 4.58. The van der Waals surface area contributed by atoms with Crippen LogP contribution in [0.4, 0.5) is 0 Å². The number of carboxylic acid groups (broad SMARTS) is 1. The zero-order valence-corrected chi connectivity index (χ0v) is 21.9. The summed E-state index contributed by atoms with van der Waals surface area (Å²) in [5, 5.41) is 10.6. The van der Waals surface area contributed by atoms with Crippen molar-refractivity contribution in [3.05, 3.63) is 12.2 Å². The molecule has 0 aromatic rings. The maximum Gasteiger partial charge on any atom is 0.0668 e. The smallest absolute Gasteiger partial charge is 0.0668 e. The van der Waals surface area contributed by atoms with Gasteiger partial charge < -0.3 is 9.90 Å². The zero-order chi connectivity index (χ0) is 23.5. The Morgan fingerprint density at radius 3 is 0.906 bits per heavy atom. The van der Waals surface area contributed by atoms with E-state index in [0.717, 1.165) is 12.8 Å². The maximum atomic E-state index is 10.6. The molecule has 32 heavy (non-hydrogen) atoms. The first-order valence-corrected chi connectivity index (χ1v) is 14.6. The van der Waals surface area contributed by atoms with Gasteiger partial charge in [0.25, 0.3) is 0 Å². The van der Waals surface area contributed by atoms with E-state index in [-0.39, 0.29) is 5.57 Å². The van der Waals surface area contributed by atoms with E-state index in [4.69, 9.17) is 0 Å². The van der Waals surface area contributed by atoms with Crippen molar-refractivity contribution in [2.75, 3.05) is 0 Å². The number of hydrogen-bond acceptors (Lipinski definition) is 2. The van der Waals surface area contributed by atoms with E-state index in [1.54, 1.807) is 0 Å². The minimum Gasteiger partial charge on any atom is -0.545 e. The topological polar surface area (TPSA) is 40.1 Å². The minimum atomic E-state index is -1.09. The molecule has 0 aliphatic rings. The van der Waals surface area contributed by atoms with Crippen molar-refractivity contribution in [3.63, 3.8) is 0 Å². The van der Waals surface area contributed by atoms with Crippen LogP contribution < -0.4 is 5.11 Å². The van der Waals surface area contributed by atoms with Crippen LogP contribution in [0.2, 0.25) is 0 Å². The van der Waals surface area contributed by atoms with E-state index in [1.165, 1.54) is 148 Å². The highest BCUT2D eigenvalue weighted by Crippen LogP contribution is 2.16. The molecule has 0 rings (SSSR count). The molecule has 0 spiro atoms. The van der Waals surface area contributed by atoms with Gasteiger partial charge in [0.05, 0.1) is 5.97 Å². The van der Waals surface area contributed by atoms with E-state index in [0.29, 0.717) is 6.42 Å². The second-order valence-corrected chi connectivity index (χ2v) is 10.1. The zero-order valence-electron chi connectivity index (χ0n) is 21.9. The Morgan fingerprint density at radius 1 is 0.469 bits per heavy atom. The summed E-state index contributed by atoms with van der Waals surface area (Å²) >= 11 is 0. The van der Waals surface area contributed by atoms with Crippen LogP contribution in [-0.4, -0.2) is 5.97 Å². The van der Waals surface area contributed by atoms with Crippen LogP contribution >= 0.6 is 0 Å². The molecule has 0 heterocycles. The molecule has 0 aliphatic heterocycles. The van der Waals surface area contributed by atoms with Crippen molar-refractivity contribution in [1.29, 1.82) is 0 Å². The van der Waals surface area contributed by atoms with Crippen molar-refractivity contribution in [2.24, 2.45) is 0 Å². The van der Waals surface area contributed by atoms with Crippen molar-refractivity contribution >= 4 is 5.97 Å². The van der Waals surface area contributed by atoms with Crippen LogP contribution in [0.5, 0.6) is 0 Å². The Hall–Kier alpha value is -0.790. The predicted octanol–water partition coefficient (Wildman–Crippen LogP) is 9.46. The molecule has 0 fully saturated rings. The Kier molecular flexibility index (Phi) is 25.8. The molecule has 0 amide bonds. The average Bonchev–Trinajstić information content (AvgIpc) is 2.78. The number of carbonyl (C=O) groups is 1. The van der Waals surface area contributed by atoms with Gasteiger partial charge in [0.2, 0.25) is 0 Å². The summed E-state index contributed by atoms with van der Waals surface area (Å²) in [4.78, 5) is 10.6. The lowest BCUT2D eigenvalue weighted by molar-refractivity contribution is -0.299. The Bertz CT molecular complexity index is 402. The lowest BCUT2D eigenvalue weighted by atomic mass is 10.0. The fraction of sp³-hybridized carbons (Fsp3) is 0.900. The number of carboxylic acids is 1. The number of carbonyl (C=O) groups excluding carboxylic acids is 1. The van der Waals surface area contributed by atoms with Gasteiger partial charge in [-0.3, -0.25) is 0 Å². The van der Waals surface area contributed by atoms with Gasteiger partial charge in [0.15, 0.2) is 0 Å². The summed E-state index contributed by atoms with van der Waals surface area (Å²) in [5.74, 6) is -1.09. The Balaban J connectivity index is 3.05. The van der Waals surface area contributed by atoms with E-state index < -0.39 is 5.97 Å². The van der Waals surface area contributed by atoms with Gasteiger partial charge in [-0.2, -0.15) is 0 Å². The Morgan fingerprint density at radius 2 is 0.688 bits per heavy atom. The third-order valence-corrected chi connectivity index (χ3v) is 6.87. The van der Waals surface area contributed by atoms with Gasteiger partial charge in [0.1, 0.15) is 0 Å². The average molecular weight is 450 g/mol.